The largest absolute Gasteiger partial charge is 0.450 e. The van der Waals surface area contributed by atoms with Gasteiger partial charge in [0.25, 0.3) is 5.91 Å². The quantitative estimate of drug-likeness (QED) is 0.631. The smallest absolute Gasteiger partial charge is 0.409 e. The minimum absolute atomic E-state index is 0.0985. The number of piperazine rings is 1. The number of nitrogens with zero attached hydrogens (tertiary/aromatic N) is 2. The Kier molecular flexibility index (Phi) is 7.85. The van der Waals surface area contributed by atoms with Crippen LogP contribution in [0.25, 0.3) is 0 Å². The van der Waals surface area contributed by atoms with Gasteiger partial charge in [-0.15, -0.1) is 0 Å². The third kappa shape index (κ3) is 5.90. The Hall–Kier alpha value is -3.20. The number of aryl methyl sites for hydroxylation is 2. The van der Waals surface area contributed by atoms with Crippen LogP contribution >= 0.6 is 11.8 Å². The molecular weight excluding hydrogens is 464 g/mol. The predicted molar refractivity (Wildman–Crippen MR) is 139 cm³/mol. The zero-order valence-corrected chi connectivity index (χ0v) is 21.2. The molecule has 9 heteroatoms. The lowest BCUT2D eigenvalue weighted by Gasteiger charge is -2.34. The minimum atomic E-state index is -0.344. The van der Waals surface area contributed by atoms with Crippen LogP contribution < -0.4 is 10.6 Å². The van der Waals surface area contributed by atoms with E-state index in [-0.39, 0.29) is 23.9 Å². The molecule has 0 radical (unpaired) electrons. The van der Waals surface area contributed by atoms with Crippen LogP contribution in [0.2, 0.25) is 0 Å². The Morgan fingerprint density at radius 2 is 1.77 bits per heavy atom. The number of ether oxygens (including phenoxy) is 1. The first-order valence-electron chi connectivity index (χ1n) is 11.9. The van der Waals surface area contributed by atoms with Crippen molar-refractivity contribution in [3.63, 3.8) is 0 Å². The number of hydrogen-bond donors (Lipinski definition) is 2. The van der Waals surface area contributed by atoms with Crippen LogP contribution in [0, 0.1) is 13.8 Å². The molecule has 1 unspecified atom stereocenters. The summed E-state index contributed by atoms with van der Waals surface area (Å²) in [6.07, 6.45) is -0.344. The van der Waals surface area contributed by atoms with Gasteiger partial charge in [-0.25, -0.2) is 4.79 Å². The zero-order valence-electron chi connectivity index (χ0n) is 20.4. The number of fused-ring (bicyclic) bond motifs is 1. The Bertz CT molecular complexity index is 1110. The number of anilines is 2. The highest BCUT2D eigenvalue weighted by molar-refractivity contribution is 7.98. The van der Waals surface area contributed by atoms with Crippen LogP contribution in [0.3, 0.4) is 0 Å². The first-order chi connectivity index (χ1) is 16.9. The van der Waals surface area contributed by atoms with Crippen molar-refractivity contribution in [2.75, 3.05) is 49.2 Å². The van der Waals surface area contributed by atoms with Gasteiger partial charge in [0.05, 0.1) is 18.0 Å². The summed E-state index contributed by atoms with van der Waals surface area (Å²) in [7, 11) is 0. The molecule has 0 aromatic heterocycles. The Morgan fingerprint density at radius 3 is 2.51 bits per heavy atom. The van der Waals surface area contributed by atoms with E-state index in [2.05, 4.69) is 42.7 Å². The first kappa shape index (κ1) is 24.9. The lowest BCUT2D eigenvalue weighted by Crippen LogP contribution is -2.50. The Labute approximate surface area is 210 Å². The number of thioether (sulfide) groups is 1. The van der Waals surface area contributed by atoms with Gasteiger partial charge in [0.2, 0.25) is 5.91 Å². The summed E-state index contributed by atoms with van der Waals surface area (Å²) in [5.74, 6) is 1.28. The van der Waals surface area contributed by atoms with Crippen molar-refractivity contribution in [3.8, 4) is 0 Å². The van der Waals surface area contributed by atoms with Crippen LogP contribution in [-0.4, -0.2) is 72.3 Å². The lowest BCUT2D eigenvalue weighted by atomic mass is 10.1. The number of benzene rings is 2. The van der Waals surface area contributed by atoms with Crippen molar-refractivity contribution < 1.29 is 19.1 Å². The highest BCUT2D eigenvalue weighted by Crippen LogP contribution is 2.30. The molecule has 0 spiro atoms. The molecular formula is C26H32N4O4S. The fourth-order valence-corrected chi connectivity index (χ4v) is 5.35. The Balaban J connectivity index is 1.33. The van der Waals surface area contributed by atoms with E-state index in [0.717, 1.165) is 11.4 Å². The second-order valence-electron chi connectivity index (χ2n) is 8.87. The van der Waals surface area contributed by atoms with E-state index in [4.69, 9.17) is 4.74 Å². The molecule has 2 N–H and O–H groups in total. The van der Waals surface area contributed by atoms with Crippen LogP contribution in [0.4, 0.5) is 16.2 Å². The molecule has 2 aliphatic heterocycles. The van der Waals surface area contributed by atoms with E-state index in [9.17, 15) is 14.4 Å². The standard InChI is InChI=1S/C26H32N4O4S/c1-4-34-26(33)30-11-9-29(10-12-30)25(32)19-7-8-21-22(14-19)28-24(31)23(27-21)16-35-15-20-13-17(2)5-6-18(20)3/h5-8,13-14,23,27H,4,9-12,15-16H2,1-3H3,(H,28,31). The molecule has 2 aromatic rings. The topological polar surface area (TPSA) is 91.0 Å². The molecule has 1 fully saturated rings. The van der Waals surface area contributed by atoms with Crippen molar-refractivity contribution in [2.24, 2.45) is 0 Å². The van der Waals surface area contributed by atoms with Crippen molar-refractivity contribution in [1.29, 1.82) is 0 Å². The van der Waals surface area contributed by atoms with Gasteiger partial charge in [-0.1, -0.05) is 23.8 Å². The number of hydrogen-bond acceptors (Lipinski definition) is 6. The summed E-state index contributed by atoms with van der Waals surface area (Å²) < 4.78 is 5.03. The third-order valence-corrected chi connectivity index (χ3v) is 7.39. The second-order valence-corrected chi connectivity index (χ2v) is 9.90. The van der Waals surface area contributed by atoms with Crippen molar-refractivity contribution in [2.45, 2.75) is 32.6 Å². The predicted octanol–water partition coefficient (Wildman–Crippen LogP) is 3.88. The molecule has 0 bridgehead atoms. The fraction of sp³-hybridized carbons (Fsp3) is 0.423. The van der Waals surface area contributed by atoms with E-state index < -0.39 is 0 Å². The SMILES string of the molecule is CCOC(=O)N1CCN(C(=O)c2ccc3c(c2)NC(=O)C(CSCc2cc(C)ccc2C)N3)CC1. The van der Waals surface area contributed by atoms with Gasteiger partial charge in [-0.3, -0.25) is 9.59 Å². The van der Waals surface area contributed by atoms with E-state index in [1.165, 1.54) is 16.7 Å². The van der Waals surface area contributed by atoms with E-state index in [0.29, 0.717) is 49.8 Å². The summed E-state index contributed by atoms with van der Waals surface area (Å²) in [5.41, 5.74) is 5.72. The molecule has 35 heavy (non-hydrogen) atoms. The van der Waals surface area contributed by atoms with E-state index in [1.807, 2.05) is 6.07 Å². The Morgan fingerprint density at radius 1 is 1.03 bits per heavy atom. The number of carbonyl (C=O) groups is 3. The molecule has 2 heterocycles. The second kappa shape index (κ2) is 11.0. The third-order valence-electron chi connectivity index (χ3n) is 6.31. The zero-order chi connectivity index (χ0) is 24.9. The van der Waals surface area contributed by atoms with Gasteiger partial charge in [0.15, 0.2) is 0 Å². The summed E-state index contributed by atoms with van der Waals surface area (Å²) >= 11 is 1.73. The van der Waals surface area contributed by atoms with Crippen LogP contribution in [0.15, 0.2) is 36.4 Å². The summed E-state index contributed by atoms with van der Waals surface area (Å²) in [6.45, 7) is 8.07. The minimum Gasteiger partial charge on any atom is -0.450 e. The van der Waals surface area contributed by atoms with Gasteiger partial charge in [-0.05, 0) is 50.1 Å². The maximum absolute atomic E-state index is 13.0. The van der Waals surface area contributed by atoms with Gasteiger partial charge < -0.3 is 25.2 Å². The van der Waals surface area contributed by atoms with Gasteiger partial charge in [0, 0.05) is 43.2 Å². The van der Waals surface area contributed by atoms with E-state index >= 15 is 0 Å². The highest BCUT2D eigenvalue weighted by Gasteiger charge is 2.28. The molecule has 2 aromatic carbocycles. The number of nitrogens with one attached hydrogen (secondary N) is 2. The lowest BCUT2D eigenvalue weighted by molar-refractivity contribution is -0.116. The van der Waals surface area contributed by atoms with Crippen molar-refractivity contribution in [3.05, 3.63) is 58.7 Å². The molecule has 1 saturated heterocycles. The number of amides is 3. The average Bonchev–Trinajstić information content (AvgIpc) is 2.86. The molecule has 8 nitrogen and oxygen atoms in total. The maximum atomic E-state index is 13.0. The van der Waals surface area contributed by atoms with Gasteiger partial charge >= 0.3 is 6.09 Å². The van der Waals surface area contributed by atoms with Crippen LogP contribution in [0.1, 0.15) is 34.0 Å². The van der Waals surface area contributed by atoms with Gasteiger partial charge in [-0.2, -0.15) is 11.8 Å². The summed E-state index contributed by atoms with van der Waals surface area (Å²) in [6, 6.07) is 11.4. The highest BCUT2D eigenvalue weighted by atomic mass is 32.2. The van der Waals surface area contributed by atoms with Gasteiger partial charge in [0.1, 0.15) is 6.04 Å². The molecule has 0 aliphatic carbocycles. The van der Waals surface area contributed by atoms with E-state index in [1.54, 1.807) is 40.6 Å². The average molecular weight is 497 g/mol. The monoisotopic (exact) mass is 496 g/mol. The summed E-state index contributed by atoms with van der Waals surface area (Å²) in [4.78, 5) is 41.0. The number of carbonyl (C=O) groups excluding carboxylic acids is 3. The maximum Gasteiger partial charge on any atom is 0.409 e. The summed E-state index contributed by atoms with van der Waals surface area (Å²) in [5, 5.41) is 6.28. The first-order valence-corrected chi connectivity index (χ1v) is 13.1. The van der Waals surface area contributed by atoms with Crippen molar-refractivity contribution >= 4 is 41.0 Å². The van der Waals surface area contributed by atoms with Crippen molar-refractivity contribution in [1.82, 2.24) is 9.80 Å². The molecule has 186 valence electrons. The normalized spacial score (nSPS) is 17.3. The molecule has 3 amide bonds. The van der Waals surface area contributed by atoms with Crippen LogP contribution in [-0.2, 0) is 15.3 Å². The fourth-order valence-electron chi connectivity index (χ4n) is 4.23. The number of rotatable bonds is 6. The molecule has 2 aliphatic rings. The van der Waals surface area contributed by atoms with Crippen LogP contribution in [0.5, 0.6) is 0 Å². The molecule has 1 atom stereocenters. The molecule has 0 saturated carbocycles. The molecule has 4 rings (SSSR count).